The van der Waals surface area contributed by atoms with Gasteiger partial charge in [-0.3, -0.25) is 4.79 Å². The van der Waals surface area contributed by atoms with Crippen LogP contribution in [0.4, 0.5) is 0 Å². The Morgan fingerprint density at radius 3 is 2.23 bits per heavy atom. The highest BCUT2D eigenvalue weighted by Crippen LogP contribution is 2.20. The molecule has 1 aliphatic heterocycles. The number of rotatable bonds is 1. The maximum atomic E-state index is 11.7. The van der Waals surface area contributed by atoms with Crippen molar-refractivity contribution in [1.29, 1.82) is 0 Å². The third-order valence-electron chi connectivity index (χ3n) is 2.76. The van der Waals surface area contributed by atoms with E-state index in [9.17, 15) is 4.79 Å². The molecule has 13 heavy (non-hydrogen) atoms. The summed E-state index contributed by atoms with van der Waals surface area (Å²) in [5.41, 5.74) is 4.16. The Morgan fingerprint density at radius 2 is 1.85 bits per heavy atom. The molecule has 1 saturated heterocycles. The fourth-order valence-electron chi connectivity index (χ4n) is 1.47. The van der Waals surface area contributed by atoms with Crippen molar-refractivity contribution in [3.63, 3.8) is 0 Å². The summed E-state index contributed by atoms with van der Waals surface area (Å²) in [6, 6.07) is 0. The lowest BCUT2D eigenvalue weighted by Crippen LogP contribution is -2.12. The molecule has 1 aromatic heterocycles. The molecule has 1 amide bonds. The van der Waals surface area contributed by atoms with Gasteiger partial charge in [-0.1, -0.05) is 0 Å². The zero-order valence-corrected chi connectivity index (χ0v) is 8.27. The van der Waals surface area contributed by atoms with Gasteiger partial charge in [0.1, 0.15) is 5.69 Å². The van der Waals surface area contributed by atoms with E-state index in [4.69, 9.17) is 0 Å². The first-order valence-corrected chi connectivity index (χ1v) is 4.56. The summed E-state index contributed by atoms with van der Waals surface area (Å²) in [4.78, 5) is 16.7. The number of aryl methyl sites for hydroxylation is 1. The Labute approximate surface area is 77.7 Å². The molecule has 0 aromatic carbocycles. The molecule has 0 bridgehead atoms. The van der Waals surface area contributed by atoms with Crippen LogP contribution in [0.2, 0.25) is 0 Å². The molecule has 2 heterocycles. The van der Waals surface area contributed by atoms with Crippen molar-refractivity contribution in [1.82, 2.24) is 9.88 Å². The van der Waals surface area contributed by atoms with E-state index in [1.54, 1.807) is 0 Å². The molecule has 0 saturated carbocycles. The van der Waals surface area contributed by atoms with Crippen LogP contribution < -0.4 is 0 Å². The van der Waals surface area contributed by atoms with Crippen molar-refractivity contribution in [2.24, 2.45) is 0 Å². The van der Waals surface area contributed by atoms with E-state index in [-0.39, 0.29) is 5.91 Å². The van der Waals surface area contributed by atoms with Gasteiger partial charge in [0, 0.05) is 18.8 Å². The van der Waals surface area contributed by atoms with Crippen LogP contribution in [0.5, 0.6) is 0 Å². The smallest absolute Gasteiger partial charge is 0.270 e. The molecule has 3 nitrogen and oxygen atoms in total. The second-order valence-corrected chi connectivity index (χ2v) is 3.67. The maximum absolute atomic E-state index is 11.7. The molecule has 0 unspecified atom stereocenters. The first-order valence-electron chi connectivity index (χ1n) is 4.56. The van der Waals surface area contributed by atoms with Gasteiger partial charge in [-0.15, -0.1) is 0 Å². The van der Waals surface area contributed by atoms with Crippen molar-refractivity contribution >= 4 is 5.91 Å². The predicted octanol–water partition coefficient (Wildman–Crippen LogP) is 1.40. The Hall–Kier alpha value is -1.25. The Bertz CT molecular complexity index is 361. The highest BCUT2D eigenvalue weighted by atomic mass is 16.2. The summed E-state index contributed by atoms with van der Waals surface area (Å²) in [5, 5.41) is 0. The van der Waals surface area contributed by atoms with Gasteiger partial charge in [-0.25, -0.2) is 0 Å². The number of carbonyl (C=O) groups excluding carboxylic acids is 1. The third kappa shape index (κ3) is 1.24. The number of hydrogen-bond acceptors (Lipinski definition) is 1. The van der Waals surface area contributed by atoms with E-state index in [1.165, 1.54) is 5.56 Å². The van der Waals surface area contributed by atoms with E-state index in [1.807, 2.05) is 25.7 Å². The highest BCUT2D eigenvalue weighted by Gasteiger charge is 2.28. The summed E-state index contributed by atoms with van der Waals surface area (Å²) < 4.78 is 0. The minimum atomic E-state index is 0.147. The van der Waals surface area contributed by atoms with E-state index in [2.05, 4.69) is 4.98 Å². The van der Waals surface area contributed by atoms with Crippen LogP contribution in [0.1, 0.15) is 27.3 Å². The van der Waals surface area contributed by atoms with Gasteiger partial charge >= 0.3 is 0 Å². The van der Waals surface area contributed by atoms with Crippen molar-refractivity contribution < 1.29 is 4.79 Å². The monoisotopic (exact) mass is 178 g/mol. The van der Waals surface area contributed by atoms with Crippen LogP contribution in [0.25, 0.3) is 0 Å². The number of amides is 1. The molecular weight excluding hydrogens is 164 g/mol. The molecule has 70 valence electrons. The van der Waals surface area contributed by atoms with Crippen LogP contribution in [-0.2, 0) is 0 Å². The van der Waals surface area contributed by atoms with Crippen molar-refractivity contribution in [3.05, 3.63) is 22.5 Å². The fourth-order valence-corrected chi connectivity index (χ4v) is 1.47. The van der Waals surface area contributed by atoms with Crippen LogP contribution >= 0.6 is 0 Å². The Balaban J connectivity index is 2.39. The van der Waals surface area contributed by atoms with Crippen molar-refractivity contribution in [2.75, 3.05) is 13.1 Å². The Morgan fingerprint density at radius 1 is 1.23 bits per heavy atom. The van der Waals surface area contributed by atoms with E-state index in [0.717, 1.165) is 30.0 Å². The van der Waals surface area contributed by atoms with Gasteiger partial charge in [0.25, 0.3) is 5.91 Å². The number of nitrogens with zero attached hydrogens (tertiary/aromatic N) is 1. The molecule has 0 atom stereocenters. The van der Waals surface area contributed by atoms with Gasteiger partial charge in [-0.2, -0.15) is 0 Å². The predicted molar refractivity (Wildman–Crippen MR) is 50.9 cm³/mol. The maximum Gasteiger partial charge on any atom is 0.270 e. The molecule has 1 N–H and O–H groups in total. The first kappa shape index (κ1) is 8.35. The van der Waals surface area contributed by atoms with E-state index >= 15 is 0 Å². The topological polar surface area (TPSA) is 35.9 Å². The summed E-state index contributed by atoms with van der Waals surface area (Å²) >= 11 is 0. The molecule has 1 aromatic rings. The molecule has 1 fully saturated rings. The molecule has 0 radical (unpaired) electrons. The molecule has 0 aliphatic carbocycles. The first-order chi connectivity index (χ1) is 6.11. The largest absolute Gasteiger partial charge is 0.354 e. The van der Waals surface area contributed by atoms with Crippen LogP contribution in [-0.4, -0.2) is 28.9 Å². The second-order valence-electron chi connectivity index (χ2n) is 3.67. The normalized spacial score (nSPS) is 14.8. The third-order valence-corrected chi connectivity index (χ3v) is 2.76. The fraction of sp³-hybridized carbons (Fsp3) is 0.500. The van der Waals surface area contributed by atoms with Gasteiger partial charge in [-0.05, 0) is 31.9 Å². The lowest BCUT2D eigenvalue weighted by Gasteiger charge is -1.99. The van der Waals surface area contributed by atoms with Crippen molar-refractivity contribution in [2.45, 2.75) is 20.8 Å². The number of aromatic nitrogens is 1. The number of aromatic amines is 1. The minimum absolute atomic E-state index is 0.147. The van der Waals surface area contributed by atoms with Gasteiger partial charge in [0.15, 0.2) is 0 Å². The van der Waals surface area contributed by atoms with Crippen molar-refractivity contribution in [3.8, 4) is 0 Å². The molecule has 2 rings (SSSR count). The highest BCUT2D eigenvalue weighted by molar-refractivity contribution is 5.95. The van der Waals surface area contributed by atoms with Gasteiger partial charge < -0.3 is 9.88 Å². The lowest BCUT2D eigenvalue weighted by molar-refractivity contribution is 0.0880. The zero-order chi connectivity index (χ0) is 9.59. The summed E-state index contributed by atoms with van der Waals surface area (Å²) in [6.45, 7) is 7.86. The number of carbonyl (C=O) groups is 1. The number of H-pyrrole nitrogens is 1. The molecule has 3 heteroatoms. The van der Waals surface area contributed by atoms with Gasteiger partial charge in [0.05, 0.1) is 0 Å². The average Bonchev–Trinajstić information content (AvgIpc) is 2.89. The average molecular weight is 178 g/mol. The standard InChI is InChI=1S/C10H14N2O/c1-6-7(2)9(11-8(6)3)10(13)12-4-5-12/h11H,4-5H2,1-3H3. The Kier molecular flexibility index (Phi) is 1.68. The summed E-state index contributed by atoms with van der Waals surface area (Å²) in [5.74, 6) is 0.147. The summed E-state index contributed by atoms with van der Waals surface area (Å²) in [6.07, 6.45) is 0. The zero-order valence-electron chi connectivity index (χ0n) is 8.27. The van der Waals surface area contributed by atoms with Crippen LogP contribution in [0, 0.1) is 20.8 Å². The van der Waals surface area contributed by atoms with Gasteiger partial charge in [0.2, 0.25) is 0 Å². The van der Waals surface area contributed by atoms with Crippen LogP contribution in [0.3, 0.4) is 0 Å². The SMILES string of the molecule is Cc1[nH]c(C(=O)N2CC2)c(C)c1C. The van der Waals surface area contributed by atoms with E-state index < -0.39 is 0 Å². The number of nitrogens with one attached hydrogen (secondary N) is 1. The number of hydrogen-bond donors (Lipinski definition) is 1. The summed E-state index contributed by atoms with van der Waals surface area (Å²) in [7, 11) is 0. The lowest BCUT2D eigenvalue weighted by atomic mass is 10.1. The van der Waals surface area contributed by atoms with Crippen LogP contribution in [0.15, 0.2) is 0 Å². The molecular formula is C10H14N2O. The van der Waals surface area contributed by atoms with E-state index in [0.29, 0.717) is 0 Å². The molecule has 0 spiro atoms. The molecule has 1 aliphatic rings. The quantitative estimate of drug-likeness (QED) is 0.648. The minimum Gasteiger partial charge on any atom is -0.354 e. The second kappa shape index (κ2) is 2.62.